The molecule has 3 rings (SSSR count). The summed E-state index contributed by atoms with van der Waals surface area (Å²) in [7, 11) is 0. The molecule has 1 fully saturated rings. The van der Waals surface area contributed by atoms with Gasteiger partial charge < -0.3 is 0 Å². The van der Waals surface area contributed by atoms with Gasteiger partial charge in [-0.1, -0.05) is 12.2 Å². The van der Waals surface area contributed by atoms with Gasteiger partial charge in [0, 0.05) is 2.74 Å². The fourth-order valence-electron chi connectivity index (χ4n) is 1.23. The van der Waals surface area contributed by atoms with Crippen molar-refractivity contribution in [1.82, 2.24) is 0 Å². The molecule has 0 spiro atoms. The monoisotopic (exact) mass is 96.1 g/mol. The van der Waals surface area contributed by atoms with Crippen LogP contribution in [0.15, 0.2) is 12.2 Å². The van der Waals surface area contributed by atoms with E-state index in [2.05, 4.69) is 0 Å². The highest BCUT2D eigenvalue weighted by molar-refractivity contribution is 5.03. The Balaban J connectivity index is 2.23. The Morgan fingerprint density at radius 1 is 1.71 bits per heavy atom. The Bertz CT molecular complexity index is 156. The van der Waals surface area contributed by atoms with Gasteiger partial charge >= 0.3 is 0 Å². The van der Waals surface area contributed by atoms with Crippen molar-refractivity contribution < 1.29 is 2.74 Å². The molecule has 0 aromatic rings. The van der Waals surface area contributed by atoms with E-state index in [4.69, 9.17) is 2.74 Å². The van der Waals surface area contributed by atoms with Crippen LogP contribution in [0.3, 0.4) is 0 Å². The van der Waals surface area contributed by atoms with Gasteiger partial charge in [0.2, 0.25) is 0 Å². The second kappa shape index (κ2) is 1.12. The summed E-state index contributed by atoms with van der Waals surface area (Å²) in [6, 6.07) is 0. The molecule has 0 aromatic heterocycles. The Hall–Kier alpha value is -0.260. The molecule has 7 heavy (non-hydrogen) atoms. The summed E-state index contributed by atoms with van der Waals surface area (Å²) in [5.41, 5.74) is 0. The largest absolute Gasteiger partial charge is 0.0880 e. The van der Waals surface area contributed by atoms with E-state index in [-0.39, 0.29) is 12.3 Å². The van der Waals surface area contributed by atoms with Crippen LogP contribution in [0.25, 0.3) is 0 Å². The summed E-state index contributed by atoms with van der Waals surface area (Å²) in [6.45, 7) is 0. The molecule has 0 radical (unpaired) electrons. The van der Waals surface area contributed by atoms with Crippen LogP contribution < -0.4 is 0 Å². The van der Waals surface area contributed by atoms with Gasteiger partial charge in [-0.2, -0.15) is 0 Å². The first-order valence-corrected chi connectivity index (χ1v) is 2.81. The van der Waals surface area contributed by atoms with Gasteiger partial charge in [0.1, 0.15) is 0 Å². The molecule has 0 aromatic carbocycles. The molecule has 0 saturated heterocycles. The summed E-state index contributed by atoms with van der Waals surface area (Å²) in [5.74, 6) is 0.259. The molecule has 2 bridgehead atoms. The first-order chi connectivity index (χ1) is 4.20. The second-order valence-corrected chi connectivity index (χ2v) is 2.38. The first kappa shape index (κ1) is 2.34. The first-order valence-electron chi connectivity index (χ1n) is 3.89. The van der Waals surface area contributed by atoms with Gasteiger partial charge in [0.05, 0.1) is 0 Å². The van der Waals surface area contributed by atoms with Crippen molar-refractivity contribution in [3.05, 3.63) is 12.2 Å². The topological polar surface area (TPSA) is 0 Å². The van der Waals surface area contributed by atoms with Crippen LogP contribution in [0, 0.1) is 11.8 Å². The predicted molar refractivity (Wildman–Crippen MR) is 30.0 cm³/mol. The lowest BCUT2D eigenvalue weighted by Gasteiger charge is -2.36. The molecular weight excluding hydrogens is 84.1 g/mol. The molecule has 3 aliphatic carbocycles. The highest BCUT2D eigenvalue weighted by Crippen LogP contribution is 2.40. The van der Waals surface area contributed by atoms with E-state index in [1.54, 1.807) is 0 Å². The number of allylic oxidation sites excluding steroid dienone is 2. The summed E-state index contributed by atoms with van der Waals surface area (Å²) in [5, 5.41) is 0. The Morgan fingerprint density at radius 3 is 3.00 bits per heavy atom. The maximum atomic E-state index is 7.61. The molecule has 0 N–H and O–H groups in total. The van der Waals surface area contributed by atoms with E-state index >= 15 is 0 Å². The minimum absolute atomic E-state index is 0.00257. The van der Waals surface area contributed by atoms with E-state index < -0.39 is 0 Å². The third-order valence-electron chi connectivity index (χ3n) is 1.76. The molecule has 1 atom stereocenters. The summed E-state index contributed by atoms with van der Waals surface area (Å²) >= 11 is 0. The number of fused-ring (bicyclic) bond motifs is 1. The SMILES string of the molecule is [2H]C1C=CC2([2H])CC1C2. The molecule has 0 heterocycles. The van der Waals surface area contributed by atoms with Crippen LogP contribution in [0.2, 0.25) is 0 Å². The van der Waals surface area contributed by atoms with Crippen molar-refractivity contribution in [2.24, 2.45) is 11.8 Å². The van der Waals surface area contributed by atoms with E-state index in [9.17, 15) is 0 Å². The lowest BCUT2D eigenvalue weighted by atomic mass is 9.69. The average molecular weight is 96.2 g/mol. The van der Waals surface area contributed by atoms with Crippen LogP contribution in [0.5, 0.6) is 0 Å². The molecule has 1 unspecified atom stereocenters. The Morgan fingerprint density at radius 2 is 2.57 bits per heavy atom. The van der Waals surface area contributed by atoms with E-state index in [1.165, 1.54) is 0 Å². The minimum atomic E-state index is -0.248. The fourth-order valence-corrected chi connectivity index (χ4v) is 1.23. The van der Waals surface area contributed by atoms with Crippen molar-refractivity contribution in [1.29, 1.82) is 0 Å². The fraction of sp³-hybridized carbons (Fsp3) is 0.714. The summed E-state index contributed by atoms with van der Waals surface area (Å²) < 4.78 is 15.0. The zero-order valence-electron chi connectivity index (χ0n) is 6.22. The van der Waals surface area contributed by atoms with Gasteiger partial charge in [0.15, 0.2) is 0 Å². The highest BCUT2D eigenvalue weighted by atomic mass is 14.3. The quantitative estimate of drug-likeness (QED) is 0.404. The summed E-state index contributed by atoms with van der Waals surface area (Å²) in [4.78, 5) is 0. The smallest absolute Gasteiger partial charge is 0.0346 e. The van der Waals surface area contributed by atoms with Crippen molar-refractivity contribution in [2.45, 2.75) is 19.2 Å². The number of hydrogen-bond acceptors (Lipinski definition) is 0. The third-order valence-corrected chi connectivity index (χ3v) is 1.76. The highest BCUT2D eigenvalue weighted by Gasteiger charge is 2.28. The maximum absolute atomic E-state index is 7.61. The van der Waals surface area contributed by atoms with E-state index in [0.29, 0.717) is 5.92 Å². The van der Waals surface area contributed by atoms with Crippen molar-refractivity contribution in [3.8, 4) is 0 Å². The van der Waals surface area contributed by atoms with Crippen LogP contribution >= 0.6 is 0 Å². The number of hydrogen-bond donors (Lipinski definition) is 0. The van der Waals surface area contributed by atoms with Gasteiger partial charge in [-0.15, -0.1) is 0 Å². The zero-order chi connectivity index (χ0) is 6.48. The van der Waals surface area contributed by atoms with Gasteiger partial charge in [0.25, 0.3) is 0 Å². The lowest BCUT2D eigenvalue weighted by molar-refractivity contribution is 0.225. The lowest BCUT2D eigenvalue weighted by Crippen LogP contribution is -2.24. The molecule has 0 aliphatic heterocycles. The van der Waals surface area contributed by atoms with Crippen LogP contribution in [-0.4, -0.2) is 0 Å². The second-order valence-electron chi connectivity index (χ2n) is 2.38. The van der Waals surface area contributed by atoms with Gasteiger partial charge in [-0.05, 0) is 31.1 Å². The predicted octanol–water partition coefficient (Wildman–Crippen LogP) is 1.97. The molecule has 38 valence electrons. The van der Waals surface area contributed by atoms with Crippen LogP contribution in [0.4, 0.5) is 0 Å². The minimum Gasteiger partial charge on any atom is -0.0880 e. The number of rotatable bonds is 0. The van der Waals surface area contributed by atoms with Crippen LogP contribution in [-0.2, 0) is 0 Å². The summed E-state index contributed by atoms with van der Waals surface area (Å²) in [6.07, 6.45) is 5.61. The molecule has 3 aliphatic rings. The molecular formula is C7H10. The standard InChI is InChI=1S/C7H10/c1-2-6-4-7(3-1)5-6/h1-2,6-7H,3-5H2/i3D,6D. The zero-order valence-corrected chi connectivity index (χ0v) is 4.22. The van der Waals surface area contributed by atoms with Crippen molar-refractivity contribution in [2.75, 3.05) is 0 Å². The van der Waals surface area contributed by atoms with E-state index in [0.717, 1.165) is 12.8 Å². The van der Waals surface area contributed by atoms with Crippen LogP contribution in [0.1, 0.15) is 22.0 Å². The third kappa shape index (κ3) is 0.425. The van der Waals surface area contributed by atoms with Gasteiger partial charge in [-0.3, -0.25) is 0 Å². The Kier molecular flexibility index (Phi) is 0.374. The van der Waals surface area contributed by atoms with Crippen molar-refractivity contribution >= 4 is 0 Å². The molecule has 1 saturated carbocycles. The normalized spacial score (nSPS) is 70.9. The Labute approximate surface area is 47.0 Å². The van der Waals surface area contributed by atoms with E-state index in [1.807, 2.05) is 12.2 Å². The molecule has 0 amide bonds. The molecule has 0 heteroatoms. The average Bonchev–Trinajstić information content (AvgIpc) is 1.73. The maximum Gasteiger partial charge on any atom is 0.0346 e. The van der Waals surface area contributed by atoms with Gasteiger partial charge in [-0.25, -0.2) is 0 Å². The van der Waals surface area contributed by atoms with Crippen molar-refractivity contribution in [3.63, 3.8) is 0 Å². The molecule has 0 nitrogen and oxygen atoms in total.